The molecule has 0 spiro atoms. The fourth-order valence-corrected chi connectivity index (χ4v) is 4.71. The van der Waals surface area contributed by atoms with Crippen LogP contribution in [-0.4, -0.2) is 12.6 Å². The van der Waals surface area contributed by atoms with Gasteiger partial charge in [-0.15, -0.1) is 0 Å². The molecule has 0 fully saturated rings. The van der Waals surface area contributed by atoms with Crippen LogP contribution in [0.25, 0.3) is 11.1 Å². The minimum absolute atomic E-state index is 0.0829. The average molecular weight is 551 g/mol. The zero-order valence-electron chi connectivity index (χ0n) is 24.2. The van der Waals surface area contributed by atoms with E-state index in [4.69, 9.17) is 9.47 Å². The third kappa shape index (κ3) is 10.4. The highest BCUT2D eigenvalue weighted by atomic mass is 19.1. The van der Waals surface area contributed by atoms with Crippen molar-refractivity contribution in [2.75, 3.05) is 6.61 Å². The van der Waals surface area contributed by atoms with Gasteiger partial charge in [0.05, 0.1) is 12.2 Å². The van der Waals surface area contributed by atoms with Crippen LogP contribution in [0.5, 0.6) is 11.5 Å². The summed E-state index contributed by atoms with van der Waals surface area (Å²) in [5.74, 6) is -1.43. The van der Waals surface area contributed by atoms with E-state index in [9.17, 15) is 13.6 Å². The number of carbonyl (C=O) groups excluding carboxylic acids is 1. The Hall–Kier alpha value is -3.21. The summed E-state index contributed by atoms with van der Waals surface area (Å²) in [4.78, 5) is 12.6. The Balaban J connectivity index is 1.49. The zero-order valence-corrected chi connectivity index (χ0v) is 24.2. The first-order chi connectivity index (χ1) is 19.5. The molecule has 0 aromatic heterocycles. The zero-order chi connectivity index (χ0) is 28.6. The molecule has 0 saturated heterocycles. The number of hydrogen-bond acceptors (Lipinski definition) is 3. The normalized spacial score (nSPS) is 11.0. The number of hydrogen-bond donors (Lipinski definition) is 0. The van der Waals surface area contributed by atoms with Gasteiger partial charge in [-0.1, -0.05) is 102 Å². The molecular weight excluding hydrogens is 506 g/mol. The van der Waals surface area contributed by atoms with Crippen LogP contribution < -0.4 is 9.47 Å². The lowest BCUT2D eigenvalue weighted by Gasteiger charge is -2.10. The molecule has 0 aliphatic heterocycles. The monoisotopic (exact) mass is 550 g/mol. The molecule has 0 N–H and O–H groups in total. The topological polar surface area (TPSA) is 35.5 Å². The largest absolute Gasteiger partial charge is 0.491 e. The molecule has 0 unspecified atom stereocenters. The van der Waals surface area contributed by atoms with Crippen molar-refractivity contribution in [3.8, 4) is 22.6 Å². The number of carbonyl (C=O) groups is 1. The van der Waals surface area contributed by atoms with Crippen molar-refractivity contribution in [3.05, 3.63) is 83.4 Å². The first-order valence-corrected chi connectivity index (χ1v) is 15.0. The number of rotatable bonds is 18. The van der Waals surface area contributed by atoms with Gasteiger partial charge in [-0.05, 0) is 72.4 Å². The molecule has 40 heavy (non-hydrogen) atoms. The van der Waals surface area contributed by atoms with Gasteiger partial charge in [0.25, 0.3) is 0 Å². The van der Waals surface area contributed by atoms with Gasteiger partial charge in [-0.2, -0.15) is 0 Å². The average Bonchev–Trinajstić information content (AvgIpc) is 2.96. The quantitative estimate of drug-likeness (QED) is 0.0898. The van der Waals surface area contributed by atoms with Crippen molar-refractivity contribution >= 4 is 5.97 Å². The lowest BCUT2D eigenvalue weighted by atomic mass is 10.0. The Morgan fingerprint density at radius 1 is 0.625 bits per heavy atom. The molecule has 0 heterocycles. The van der Waals surface area contributed by atoms with Crippen molar-refractivity contribution < 1.29 is 23.0 Å². The molecular formula is C35H44F2O3. The van der Waals surface area contributed by atoms with Crippen LogP contribution in [0.3, 0.4) is 0 Å². The molecule has 0 bridgehead atoms. The van der Waals surface area contributed by atoms with E-state index in [0.717, 1.165) is 43.2 Å². The molecule has 0 aliphatic carbocycles. The van der Waals surface area contributed by atoms with E-state index in [1.807, 2.05) is 6.07 Å². The first-order valence-electron chi connectivity index (χ1n) is 15.0. The number of benzene rings is 3. The third-order valence-electron chi connectivity index (χ3n) is 7.16. The summed E-state index contributed by atoms with van der Waals surface area (Å²) in [7, 11) is 0. The van der Waals surface area contributed by atoms with Crippen LogP contribution in [-0.2, 0) is 6.42 Å². The Bertz CT molecular complexity index is 1170. The number of aryl methyl sites for hydroxylation is 1. The second-order valence-electron chi connectivity index (χ2n) is 10.5. The van der Waals surface area contributed by atoms with Crippen LogP contribution >= 0.6 is 0 Å². The van der Waals surface area contributed by atoms with Gasteiger partial charge < -0.3 is 9.47 Å². The van der Waals surface area contributed by atoms with Crippen LogP contribution in [0.2, 0.25) is 0 Å². The Morgan fingerprint density at radius 2 is 1.20 bits per heavy atom. The van der Waals surface area contributed by atoms with E-state index in [0.29, 0.717) is 17.7 Å². The highest BCUT2D eigenvalue weighted by molar-refractivity contribution is 5.91. The van der Waals surface area contributed by atoms with Crippen LogP contribution in [0, 0.1) is 11.6 Å². The van der Waals surface area contributed by atoms with Crippen molar-refractivity contribution in [2.24, 2.45) is 0 Å². The van der Waals surface area contributed by atoms with E-state index in [-0.39, 0.29) is 11.5 Å². The molecule has 0 atom stereocenters. The Kier molecular flexibility index (Phi) is 13.7. The Labute approximate surface area is 238 Å². The summed E-state index contributed by atoms with van der Waals surface area (Å²) >= 11 is 0. The van der Waals surface area contributed by atoms with Crippen LogP contribution in [0.15, 0.2) is 60.7 Å². The van der Waals surface area contributed by atoms with Crippen molar-refractivity contribution in [1.29, 1.82) is 0 Å². The maximum Gasteiger partial charge on any atom is 0.343 e. The van der Waals surface area contributed by atoms with Gasteiger partial charge in [0.15, 0.2) is 23.1 Å². The van der Waals surface area contributed by atoms with E-state index in [2.05, 4.69) is 13.8 Å². The number of ether oxygens (including phenoxy) is 2. The minimum Gasteiger partial charge on any atom is -0.491 e. The predicted octanol–water partition coefficient (Wildman–Crippen LogP) is 10.5. The van der Waals surface area contributed by atoms with Crippen molar-refractivity contribution in [3.63, 3.8) is 0 Å². The maximum absolute atomic E-state index is 14.6. The van der Waals surface area contributed by atoms with Gasteiger partial charge in [0.1, 0.15) is 0 Å². The van der Waals surface area contributed by atoms with E-state index in [1.165, 1.54) is 69.6 Å². The van der Waals surface area contributed by atoms with Gasteiger partial charge >= 0.3 is 5.97 Å². The molecule has 0 amide bonds. The van der Waals surface area contributed by atoms with Gasteiger partial charge in [-0.25, -0.2) is 13.6 Å². The van der Waals surface area contributed by atoms with Crippen molar-refractivity contribution in [1.82, 2.24) is 0 Å². The van der Waals surface area contributed by atoms with Crippen molar-refractivity contribution in [2.45, 2.75) is 97.3 Å². The molecule has 0 radical (unpaired) electrons. The fourth-order valence-electron chi connectivity index (χ4n) is 4.71. The predicted molar refractivity (Wildman–Crippen MR) is 159 cm³/mol. The smallest absolute Gasteiger partial charge is 0.343 e. The second kappa shape index (κ2) is 17.5. The summed E-state index contributed by atoms with van der Waals surface area (Å²) in [6, 6.07) is 16.3. The van der Waals surface area contributed by atoms with E-state index < -0.39 is 17.6 Å². The maximum atomic E-state index is 14.6. The molecule has 0 saturated carbocycles. The third-order valence-corrected chi connectivity index (χ3v) is 7.16. The molecule has 3 rings (SSSR count). The minimum atomic E-state index is -0.640. The molecule has 3 nitrogen and oxygen atoms in total. The number of esters is 1. The fraction of sp³-hybridized carbons (Fsp3) is 0.457. The van der Waals surface area contributed by atoms with E-state index in [1.54, 1.807) is 36.4 Å². The summed E-state index contributed by atoms with van der Waals surface area (Å²) in [6.07, 6.45) is 14.8. The van der Waals surface area contributed by atoms with Gasteiger partial charge in [-0.3, -0.25) is 0 Å². The lowest BCUT2D eigenvalue weighted by Crippen LogP contribution is -2.09. The van der Waals surface area contributed by atoms with E-state index >= 15 is 0 Å². The summed E-state index contributed by atoms with van der Waals surface area (Å²) in [5.41, 5.74) is 2.63. The molecule has 3 aromatic carbocycles. The molecule has 5 heteroatoms. The highest BCUT2D eigenvalue weighted by Gasteiger charge is 2.14. The Morgan fingerprint density at radius 3 is 1.85 bits per heavy atom. The second-order valence-corrected chi connectivity index (χ2v) is 10.5. The van der Waals surface area contributed by atoms with Gasteiger partial charge in [0, 0.05) is 0 Å². The number of unbranched alkanes of at least 4 members (excludes halogenated alkanes) is 10. The highest BCUT2D eigenvalue weighted by Crippen LogP contribution is 2.27. The standard InChI is InChI=1S/C35H44F2O3/c1-3-5-7-9-10-11-13-15-27-16-22-34(31(36)25-27)40-35(38)29-19-17-28(18-20-29)30-21-23-33(32(37)26-30)39-24-14-12-8-6-4-2/h16-23,25-26H,3-15,24H2,1-2H3. The van der Waals surface area contributed by atoms with Gasteiger partial charge in [0.2, 0.25) is 0 Å². The molecule has 3 aromatic rings. The SMILES string of the molecule is CCCCCCCCCc1ccc(OC(=O)c2ccc(-c3ccc(OCCCCCCC)c(F)c3)cc2)c(F)c1. The summed E-state index contributed by atoms with van der Waals surface area (Å²) in [6.45, 7) is 4.88. The first kappa shape index (κ1) is 31.3. The summed E-state index contributed by atoms with van der Waals surface area (Å²) < 4.78 is 40.1. The lowest BCUT2D eigenvalue weighted by molar-refractivity contribution is 0.0728. The number of halogens is 2. The molecule has 216 valence electrons. The van der Waals surface area contributed by atoms with Crippen LogP contribution in [0.1, 0.15) is 107 Å². The molecule has 0 aliphatic rings. The summed E-state index contributed by atoms with van der Waals surface area (Å²) in [5, 5.41) is 0. The van der Waals surface area contributed by atoms with Crippen LogP contribution in [0.4, 0.5) is 8.78 Å².